The van der Waals surface area contributed by atoms with E-state index in [4.69, 9.17) is 5.73 Å². The van der Waals surface area contributed by atoms with Gasteiger partial charge in [0.2, 0.25) is 0 Å². The molecule has 1 aromatic rings. The SMILES string of the molecule is CCc1cc(C(=O)N(CCC(C)C)C2CC2)cc(N)n1. The number of carbonyl (C=O) groups is 1. The highest BCUT2D eigenvalue weighted by Crippen LogP contribution is 2.29. The second-order valence-corrected chi connectivity index (χ2v) is 6.04. The van der Waals surface area contributed by atoms with E-state index in [0.717, 1.165) is 37.9 Å². The fourth-order valence-corrected chi connectivity index (χ4v) is 2.31. The first-order valence-corrected chi connectivity index (χ1v) is 7.58. The second kappa shape index (κ2) is 6.25. The third-order valence-electron chi connectivity index (χ3n) is 3.70. The lowest BCUT2D eigenvalue weighted by atomic mass is 10.1. The van der Waals surface area contributed by atoms with E-state index in [1.807, 2.05) is 17.9 Å². The van der Waals surface area contributed by atoms with Crippen molar-refractivity contribution in [2.45, 2.75) is 52.5 Å². The van der Waals surface area contributed by atoms with E-state index < -0.39 is 0 Å². The van der Waals surface area contributed by atoms with Gasteiger partial charge >= 0.3 is 0 Å². The summed E-state index contributed by atoms with van der Waals surface area (Å²) in [6.45, 7) is 7.24. The predicted molar refractivity (Wildman–Crippen MR) is 81.5 cm³/mol. The van der Waals surface area contributed by atoms with Crippen molar-refractivity contribution in [3.63, 3.8) is 0 Å². The van der Waals surface area contributed by atoms with Gasteiger partial charge in [-0.3, -0.25) is 4.79 Å². The van der Waals surface area contributed by atoms with Crippen molar-refractivity contribution >= 4 is 11.7 Å². The molecule has 110 valence electrons. The zero-order valence-corrected chi connectivity index (χ0v) is 12.7. The molecule has 1 amide bonds. The average Bonchev–Trinajstić information content (AvgIpc) is 3.22. The van der Waals surface area contributed by atoms with E-state index in [-0.39, 0.29) is 5.91 Å². The van der Waals surface area contributed by atoms with Crippen LogP contribution in [0.5, 0.6) is 0 Å². The van der Waals surface area contributed by atoms with Crippen LogP contribution in [-0.4, -0.2) is 28.4 Å². The third-order valence-corrected chi connectivity index (χ3v) is 3.70. The molecule has 2 N–H and O–H groups in total. The maximum atomic E-state index is 12.7. The van der Waals surface area contributed by atoms with Crippen LogP contribution in [0.15, 0.2) is 12.1 Å². The Hall–Kier alpha value is -1.58. The first kappa shape index (κ1) is 14.8. The maximum absolute atomic E-state index is 12.7. The fraction of sp³-hybridized carbons (Fsp3) is 0.625. The lowest BCUT2D eigenvalue weighted by Crippen LogP contribution is -2.34. The van der Waals surface area contributed by atoms with Crippen LogP contribution in [-0.2, 0) is 6.42 Å². The highest BCUT2D eigenvalue weighted by molar-refractivity contribution is 5.95. The Morgan fingerprint density at radius 2 is 2.15 bits per heavy atom. The summed E-state index contributed by atoms with van der Waals surface area (Å²) in [5.41, 5.74) is 7.37. The Morgan fingerprint density at radius 1 is 1.45 bits per heavy atom. The molecule has 0 radical (unpaired) electrons. The van der Waals surface area contributed by atoms with E-state index >= 15 is 0 Å². The summed E-state index contributed by atoms with van der Waals surface area (Å²) in [5.74, 6) is 1.15. The molecule has 0 bridgehead atoms. The molecule has 1 aromatic heterocycles. The van der Waals surface area contributed by atoms with Crippen molar-refractivity contribution < 1.29 is 4.79 Å². The molecule has 1 saturated carbocycles. The first-order chi connectivity index (χ1) is 9.51. The lowest BCUT2D eigenvalue weighted by Gasteiger charge is -2.23. The number of anilines is 1. The first-order valence-electron chi connectivity index (χ1n) is 7.58. The molecule has 0 aromatic carbocycles. The highest BCUT2D eigenvalue weighted by atomic mass is 16.2. The molecule has 0 atom stereocenters. The smallest absolute Gasteiger partial charge is 0.254 e. The van der Waals surface area contributed by atoms with Crippen LogP contribution in [0.25, 0.3) is 0 Å². The quantitative estimate of drug-likeness (QED) is 0.868. The number of aromatic nitrogens is 1. The van der Waals surface area contributed by atoms with Crippen molar-refractivity contribution in [3.8, 4) is 0 Å². The van der Waals surface area contributed by atoms with Gasteiger partial charge in [-0.15, -0.1) is 0 Å². The normalized spacial score (nSPS) is 14.6. The number of carbonyl (C=O) groups excluding carboxylic acids is 1. The van der Waals surface area contributed by atoms with Crippen molar-refractivity contribution in [1.82, 2.24) is 9.88 Å². The minimum Gasteiger partial charge on any atom is -0.384 e. The van der Waals surface area contributed by atoms with E-state index in [1.54, 1.807) is 6.07 Å². The number of aryl methyl sites for hydroxylation is 1. The van der Waals surface area contributed by atoms with Crippen LogP contribution in [0.3, 0.4) is 0 Å². The van der Waals surface area contributed by atoms with Crippen LogP contribution in [0, 0.1) is 5.92 Å². The summed E-state index contributed by atoms with van der Waals surface area (Å²) >= 11 is 0. The minimum atomic E-state index is 0.108. The Labute approximate surface area is 121 Å². The molecule has 0 saturated heterocycles. The standard InChI is InChI=1S/C16H25N3O/c1-4-13-9-12(10-15(17)18-13)16(20)19(14-5-6-14)8-7-11(2)3/h9-11,14H,4-8H2,1-3H3,(H2,17,18). The molecule has 1 aliphatic rings. The van der Waals surface area contributed by atoms with Crippen molar-refractivity contribution in [1.29, 1.82) is 0 Å². The monoisotopic (exact) mass is 275 g/mol. The van der Waals surface area contributed by atoms with Crippen LogP contribution in [0.2, 0.25) is 0 Å². The van der Waals surface area contributed by atoms with Gasteiger partial charge in [-0.1, -0.05) is 20.8 Å². The molecule has 2 rings (SSSR count). The van der Waals surface area contributed by atoms with E-state index in [9.17, 15) is 4.79 Å². The van der Waals surface area contributed by atoms with Crippen LogP contribution in [0.4, 0.5) is 5.82 Å². The van der Waals surface area contributed by atoms with Crippen LogP contribution < -0.4 is 5.73 Å². The van der Waals surface area contributed by atoms with Gasteiger partial charge in [-0.05, 0) is 43.7 Å². The number of nitrogen functional groups attached to an aromatic ring is 1. The molecular formula is C16H25N3O. The summed E-state index contributed by atoms with van der Waals surface area (Å²) in [4.78, 5) is 19.0. The summed E-state index contributed by atoms with van der Waals surface area (Å²) in [6.07, 6.45) is 4.10. The molecule has 0 unspecified atom stereocenters. The van der Waals surface area contributed by atoms with Crippen LogP contribution in [0.1, 0.15) is 56.1 Å². The Morgan fingerprint density at radius 3 is 2.70 bits per heavy atom. The molecule has 20 heavy (non-hydrogen) atoms. The summed E-state index contributed by atoms with van der Waals surface area (Å²) in [7, 11) is 0. The summed E-state index contributed by atoms with van der Waals surface area (Å²) in [5, 5.41) is 0. The number of rotatable bonds is 6. The molecule has 1 heterocycles. The molecule has 0 spiro atoms. The Balaban J connectivity index is 2.16. The van der Waals surface area contributed by atoms with Gasteiger partial charge in [0, 0.05) is 23.8 Å². The Bertz CT molecular complexity index is 481. The minimum absolute atomic E-state index is 0.108. The number of hydrogen-bond acceptors (Lipinski definition) is 3. The summed E-state index contributed by atoms with van der Waals surface area (Å²) in [6, 6.07) is 4.01. The topological polar surface area (TPSA) is 59.2 Å². The van der Waals surface area contributed by atoms with Gasteiger partial charge in [0.15, 0.2) is 0 Å². The van der Waals surface area contributed by atoms with Gasteiger partial charge < -0.3 is 10.6 Å². The van der Waals surface area contributed by atoms with E-state index in [1.165, 1.54) is 0 Å². The largest absolute Gasteiger partial charge is 0.384 e. The zero-order chi connectivity index (χ0) is 14.7. The fourth-order valence-electron chi connectivity index (χ4n) is 2.31. The summed E-state index contributed by atoms with van der Waals surface area (Å²) < 4.78 is 0. The van der Waals surface area contributed by atoms with Crippen LogP contribution >= 0.6 is 0 Å². The van der Waals surface area contributed by atoms with Gasteiger partial charge in [0.25, 0.3) is 5.91 Å². The number of amides is 1. The molecule has 1 fully saturated rings. The lowest BCUT2D eigenvalue weighted by molar-refractivity contribution is 0.0735. The maximum Gasteiger partial charge on any atom is 0.254 e. The average molecular weight is 275 g/mol. The van der Waals surface area contributed by atoms with Crippen molar-refractivity contribution in [2.24, 2.45) is 5.92 Å². The van der Waals surface area contributed by atoms with E-state index in [2.05, 4.69) is 18.8 Å². The van der Waals surface area contributed by atoms with Crippen molar-refractivity contribution in [3.05, 3.63) is 23.4 Å². The third kappa shape index (κ3) is 3.71. The zero-order valence-electron chi connectivity index (χ0n) is 12.7. The predicted octanol–water partition coefficient (Wildman–Crippen LogP) is 2.88. The highest BCUT2D eigenvalue weighted by Gasteiger charge is 2.33. The van der Waals surface area contributed by atoms with Crippen molar-refractivity contribution in [2.75, 3.05) is 12.3 Å². The van der Waals surface area contributed by atoms with Gasteiger partial charge in [0.05, 0.1) is 0 Å². The van der Waals surface area contributed by atoms with Gasteiger partial charge in [-0.2, -0.15) is 0 Å². The molecule has 4 heteroatoms. The Kier molecular flexibility index (Phi) is 4.63. The molecular weight excluding hydrogens is 250 g/mol. The molecule has 0 aliphatic heterocycles. The molecule has 4 nitrogen and oxygen atoms in total. The number of hydrogen-bond donors (Lipinski definition) is 1. The van der Waals surface area contributed by atoms with Gasteiger partial charge in [0.1, 0.15) is 5.82 Å². The van der Waals surface area contributed by atoms with E-state index in [0.29, 0.717) is 23.3 Å². The van der Waals surface area contributed by atoms with Gasteiger partial charge in [-0.25, -0.2) is 4.98 Å². The molecule has 1 aliphatic carbocycles. The number of pyridine rings is 1. The number of nitrogens with two attached hydrogens (primary N) is 1. The second-order valence-electron chi connectivity index (χ2n) is 6.04. The number of nitrogens with zero attached hydrogens (tertiary/aromatic N) is 2.